The summed E-state index contributed by atoms with van der Waals surface area (Å²) in [7, 11) is 2.06. The summed E-state index contributed by atoms with van der Waals surface area (Å²) in [6.45, 7) is 8.40. The lowest BCUT2D eigenvalue weighted by Crippen LogP contribution is -2.40. The van der Waals surface area contributed by atoms with Crippen molar-refractivity contribution in [3.8, 4) is 0 Å². The molecule has 0 saturated carbocycles. The van der Waals surface area contributed by atoms with E-state index >= 15 is 0 Å². The molecule has 0 aliphatic carbocycles. The van der Waals surface area contributed by atoms with E-state index in [1.54, 1.807) is 6.07 Å². The molecule has 19 heavy (non-hydrogen) atoms. The average Bonchev–Trinajstić information content (AvgIpc) is 2.43. The summed E-state index contributed by atoms with van der Waals surface area (Å²) < 4.78 is 13.8. The van der Waals surface area contributed by atoms with E-state index in [2.05, 4.69) is 38.0 Å². The van der Waals surface area contributed by atoms with Crippen LogP contribution in [-0.2, 0) is 0 Å². The van der Waals surface area contributed by atoms with Crippen molar-refractivity contribution >= 4 is 0 Å². The molecule has 0 aromatic heterocycles. The summed E-state index contributed by atoms with van der Waals surface area (Å²) in [4.78, 5) is 2.22. The smallest absolute Gasteiger partial charge is 0.127 e. The number of hydrogen-bond donors (Lipinski definition) is 1. The van der Waals surface area contributed by atoms with Crippen LogP contribution in [0.25, 0.3) is 0 Å². The summed E-state index contributed by atoms with van der Waals surface area (Å²) in [5, 5.41) is 3.54. The highest BCUT2D eigenvalue weighted by molar-refractivity contribution is 5.20. The molecule has 2 atom stereocenters. The van der Waals surface area contributed by atoms with Gasteiger partial charge in [0, 0.05) is 24.2 Å². The molecule has 0 aliphatic rings. The second-order valence-electron chi connectivity index (χ2n) is 5.20. The van der Waals surface area contributed by atoms with E-state index in [0.29, 0.717) is 6.04 Å². The molecule has 0 fully saturated rings. The van der Waals surface area contributed by atoms with Crippen LogP contribution in [-0.4, -0.2) is 31.1 Å². The fourth-order valence-electron chi connectivity index (χ4n) is 2.24. The van der Waals surface area contributed by atoms with Crippen molar-refractivity contribution in [2.75, 3.05) is 20.1 Å². The molecule has 1 aromatic carbocycles. The van der Waals surface area contributed by atoms with Crippen molar-refractivity contribution in [3.63, 3.8) is 0 Å². The maximum absolute atomic E-state index is 13.8. The molecule has 1 rings (SSSR count). The van der Waals surface area contributed by atoms with Crippen LogP contribution >= 0.6 is 0 Å². The van der Waals surface area contributed by atoms with Crippen molar-refractivity contribution in [1.82, 2.24) is 10.2 Å². The second-order valence-corrected chi connectivity index (χ2v) is 5.20. The normalized spacial score (nSPS) is 14.6. The zero-order valence-electron chi connectivity index (χ0n) is 12.6. The van der Waals surface area contributed by atoms with E-state index in [9.17, 15) is 4.39 Å². The Morgan fingerprint density at radius 3 is 2.53 bits per heavy atom. The summed E-state index contributed by atoms with van der Waals surface area (Å²) in [5.74, 6) is -0.114. The Kier molecular flexibility index (Phi) is 7.03. The molecule has 0 amide bonds. The Bertz CT molecular complexity index is 368. The molecule has 0 bridgehead atoms. The lowest BCUT2D eigenvalue weighted by atomic mass is 10.1. The molecule has 1 aromatic rings. The van der Waals surface area contributed by atoms with Crippen LogP contribution in [0.15, 0.2) is 24.3 Å². The molecule has 2 unspecified atom stereocenters. The zero-order valence-corrected chi connectivity index (χ0v) is 12.6. The summed E-state index contributed by atoms with van der Waals surface area (Å²) in [5.41, 5.74) is 0.773. The molecular weight excluding hydrogens is 239 g/mol. The van der Waals surface area contributed by atoms with Gasteiger partial charge in [-0.25, -0.2) is 4.39 Å². The van der Waals surface area contributed by atoms with Gasteiger partial charge in [-0.2, -0.15) is 0 Å². The number of nitrogens with one attached hydrogen (secondary N) is 1. The van der Waals surface area contributed by atoms with Gasteiger partial charge in [0.1, 0.15) is 5.82 Å². The van der Waals surface area contributed by atoms with Gasteiger partial charge < -0.3 is 5.32 Å². The Hall–Kier alpha value is -0.930. The Labute approximate surface area is 117 Å². The Balaban J connectivity index is 2.61. The van der Waals surface area contributed by atoms with E-state index in [0.717, 1.165) is 31.5 Å². The minimum atomic E-state index is -0.114. The van der Waals surface area contributed by atoms with Gasteiger partial charge in [0.05, 0.1) is 0 Å². The largest absolute Gasteiger partial charge is 0.313 e. The van der Waals surface area contributed by atoms with Crippen molar-refractivity contribution < 1.29 is 4.39 Å². The minimum Gasteiger partial charge on any atom is -0.313 e. The Morgan fingerprint density at radius 2 is 1.95 bits per heavy atom. The number of benzene rings is 1. The molecule has 1 N–H and O–H groups in total. The predicted molar refractivity (Wildman–Crippen MR) is 79.8 cm³/mol. The van der Waals surface area contributed by atoms with Crippen molar-refractivity contribution in [1.29, 1.82) is 0 Å². The number of nitrogens with zero attached hydrogens (tertiary/aromatic N) is 1. The van der Waals surface area contributed by atoms with Crippen molar-refractivity contribution in [2.45, 2.75) is 45.7 Å². The lowest BCUT2D eigenvalue weighted by Gasteiger charge is -2.29. The lowest BCUT2D eigenvalue weighted by molar-refractivity contribution is 0.224. The van der Waals surface area contributed by atoms with E-state index in [4.69, 9.17) is 0 Å². The molecular formula is C16H27FN2. The van der Waals surface area contributed by atoms with Gasteiger partial charge in [0.25, 0.3) is 0 Å². The van der Waals surface area contributed by atoms with Gasteiger partial charge in [-0.1, -0.05) is 32.0 Å². The van der Waals surface area contributed by atoms with Crippen LogP contribution in [0.1, 0.15) is 45.2 Å². The predicted octanol–water partition coefficient (Wildman–Crippen LogP) is 3.60. The first-order chi connectivity index (χ1) is 9.10. The van der Waals surface area contributed by atoms with Crippen LogP contribution < -0.4 is 5.32 Å². The molecule has 108 valence electrons. The SMILES string of the molecule is CCCNC(CC)CN(C)C(C)c1ccccc1F. The zero-order chi connectivity index (χ0) is 14.3. The van der Waals surface area contributed by atoms with E-state index in [-0.39, 0.29) is 11.9 Å². The molecule has 0 spiro atoms. The van der Waals surface area contributed by atoms with Gasteiger partial charge in [-0.05, 0) is 39.4 Å². The molecule has 2 nitrogen and oxygen atoms in total. The van der Waals surface area contributed by atoms with Crippen molar-refractivity contribution in [2.24, 2.45) is 0 Å². The standard InChI is InChI=1S/C16H27FN2/c1-5-11-18-14(6-2)12-19(4)13(3)15-9-7-8-10-16(15)17/h7-10,13-14,18H,5-6,11-12H2,1-4H3. The minimum absolute atomic E-state index is 0.0960. The monoisotopic (exact) mass is 266 g/mol. The van der Waals surface area contributed by atoms with Gasteiger partial charge >= 0.3 is 0 Å². The van der Waals surface area contributed by atoms with Crippen molar-refractivity contribution in [3.05, 3.63) is 35.6 Å². The first kappa shape index (κ1) is 16.1. The first-order valence-electron chi connectivity index (χ1n) is 7.28. The number of hydrogen-bond acceptors (Lipinski definition) is 2. The maximum Gasteiger partial charge on any atom is 0.127 e. The fourth-order valence-corrected chi connectivity index (χ4v) is 2.24. The van der Waals surface area contributed by atoms with Crippen LogP contribution in [0.4, 0.5) is 4.39 Å². The highest BCUT2D eigenvalue weighted by Gasteiger charge is 2.17. The third kappa shape index (κ3) is 4.92. The maximum atomic E-state index is 13.8. The van der Waals surface area contributed by atoms with Crippen LogP contribution in [0, 0.1) is 5.82 Å². The van der Waals surface area contributed by atoms with Gasteiger partial charge in [0.15, 0.2) is 0 Å². The van der Waals surface area contributed by atoms with Gasteiger partial charge in [0.2, 0.25) is 0 Å². The highest BCUT2D eigenvalue weighted by atomic mass is 19.1. The van der Waals surface area contributed by atoms with E-state index in [1.165, 1.54) is 6.07 Å². The fraction of sp³-hybridized carbons (Fsp3) is 0.625. The van der Waals surface area contributed by atoms with Gasteiger partial charge in [-0.3, -0.25) is 4.90 Å². The molecule has 0 saturated heterocycles. The van der Waals surface area contributed by atoms with E-state index in [1.807, 2.05) is 12.1 Å². The first-order valence-corrected chi connectivity index (χ1v) is 7.28. The summed E-state index contributed by atoms with van der Waals surface area (Å²) in [6.07, 6.45) is 2.23. The summed E-state index contributed by atoms with van der Waals surface area (Å²) in [6, 6.07) is 7.61. The van der Waals surface area contributed by atoms with Crippen LogP contribution in [0.5, 0.6) is 0 Å². The number of halogens is 1. The van der Waals surface area contributed by atoms with Gasteiger partial charge in [-0.15, -0.1) is 0 Å². The van der Waals surface area contributed by atoms with Crippen LogP contribution in [0.2, 0.25) is 0 Å². The average molecular weight is 266 g/mol. The third-order valence-electron chi connectivity index (χ3n) is 3.70. The quantitative estimate of drug-likeness (QED) is 0.773. The topological polar surface area (TPSA) is 15.3 Å². The summed E-state index contributed by atoms with van der Waals surface area (Å²) >= 11 is 0. The second kappa shape index (κ2) is 8.28. The van der Waals surface area contributed by atoms with Crippen LogP contribution in [0.3, 0.4) is 0 Å². The number of rotatable bonds is 8. The number of likely N-dealkylation sites (N-methyl/N-ethyl adjacent to an activating group) is 1. The molecule has 0 aliphatic heterocycles. The van der Waals surface area contributed by atoms with E-state index < -0.39 is 0 Å². The highest BCUT2D eigenvalue weighted by Crippen LogP contribution is 2.21. The third-order valence-corrected chi connectivity index (χ3v) is 3.70. The molecule has 0 radical (unpaired) electrons. The molecule has 0 heterocycles. The molecule has 3 heteroatoms. The Morgan fingerprint density at radius 1 is 1.26 bits per heavy atom.